The van der Waals surface area contributed by atoms with Crippen LogP contribution >= 0.6 is 35.6 Å². The van der Waals surface area contributed by atoms with Crippen molar-refractivity contribution in [1.82, 2.24) is 4.90 Å². The fourth-order valence-electron chi connectivity index (χ4n) is 2.77. The van der Waals surface area contributed by atoms with Gasteiger partial charge in [0, 0.05) is 34.3 Å². The Hall–Kier alpha value is -1.58. The highest BCUT2D eigenvalue weighted by Crippen LogP contribution is 2.25. The van der Waals surface area contributed by atoms with Crippen molar-refractivity contribution in [1.29, 1.82) is 0 Å². The second-order valence-electron chi connectivity index (χ2n) is 5.88. The maximum atomic E-state index is 12.9. The van der Waals surface area contributed by atoms with Crippen LogP contribution in [-0.4, -0.2) is 30.8 Å². The molecule has 0 unspecified atom stereocenters. The van der Waals surface area contributed by atoms with Gasteiger partial charge in [-0.2, -0.15) is 0 Å². The largest absolute Gasteiger partial charge is 0.298 e. The van der Waals surface area contributed by atoms with Crippen molar-refractivity contribution in [3.05, 3.63) is 80.8 Å². The van der Waals surface area contributed by atoms with Gasteiger partial charge in [-0.1, -0.05) is 59.6 Å². The lowest BCUT2D eigenvalue weighted by molar-refractivity contribution is -0.113. The summed E-state index contributed by atoms with van der Waals surface area (Å²) in [6.07, 6.45) is 3.75. The van der Waals surface area contributed by atoms with Crippen molar-refractivity contribution >= 4 is 53.5 Å². The first kappa shape index (κ1) is 19.7. The van der Waals surface area contributed by atoms with Gasteiger partial charge in [-0.3, -0.25) is 9.69 Å². The van der Waals surface area contributed by atoms with E-state index in [1.165, 1.54) is 0 Å². The summed E-state index contributed by atoms with van der Waals surface area (Å²) >= 11 is 12.4. The van der Waals surface area contributed by atoms with Crippen LogP contribution in [0, 0.1) is 0 Å². The minimum atomic E-state index is 0. The number of halogens is 3. The molecule has 1 saturated heterocycles. The Morgan fingerprint density at radius 1 is 0.840 bits per heavy atom. The Bertz CT molecular complexity index is 775. The van der Waals surface area contributed by atoms with Gasteiger partial charge >= 0.3 is 0 Å². The minimum absolute atomic E-state index is 0. The average molecular weight is 395 g/mol. The number of likely N-dealkylation sites (tertiary alicyclic amines) is 1. The fraction of sp³-hybridized carbons (Fsp3) is 0.150. The van der Waals surface area contributed by atoms with E-state index in [4.69, 9.17) is 23.2 Å². The maximum absolute atomic E-state index is 12.9. The minimum Gasteiger partial charge on any atom is -0.298 e. The van der Waals surface area contributed by atoms with E-state index in [-0.39, 0.29) is 18.2 Å². The number of benzene rings is 2. The molecule has 0 radical (unpaired) electrons. The van der Waals surface area contributed by atoms with Crippen LogP contribution in [0.1, 0.15) is 11.1 Å². The molecule has 2 aromatic rings. The molecule has 0 bridgehead atoms. The number of piperidine rings is 1. The first-order valence-corrected chi connectivity index (χ1v) is 8.43. The van der Waals surface area contributed by atoms with Crippen molar-refractivity contribution < 1.29 is 4.79 Å². The van der Waals surface area contributed by atoms with Crippen LogP contribution in [0.5, 0.6) is 0 Å². The van der Waals surface area contributed by atoms with E-state index in [0.29, 0.717) is 23.1 Å². The highest BCUT2D eigenvalue weighted by Gasteiger charge is 2.24. The first-order valence-electron chi connectivity index (χ1n) is 7.68. The number of hydrogen-bond donors (Lipinski definition) is 0. The average Bonchev–Trinajstić information content (AvgIpc) is 2.56. The summed E-state index contributed by atoms with van der Waals surface area (Å²) in [5.74, 6) is 0.0490. The first-order chi connectivity index (χ1) is 11.5. The fourth-order valence-corrected chi connectivity index (χ4v) is 3.15. The van der Waals surface area contributed by atoms with Crippen LogP contribution < -0.4 is 0 Å². The monoisotopic (exact) mass is 393 g/mol. The van der Waals surface area contributed by atoms with E-state index in [1.54, 1.807) is 0 Å². The third-order valence-electron chi connectivity index (χ3n) is 3.93. The van der Waals surface area contributed by atoms with E-state index in [0.717, 1.165) is 22.3 Å². The van der Waals surface area contributed by atoms with Crippen molar-refractivity contribution in [2.45, 2.75) is 0 Å². The van der Waals surface area contributed by atoms with Crippen LogP contribution in [0.4, 0.5) is 0 Å². The van der Waals surface area contributed by atoms with Gasteiger partial charge < -0.3 is 0 Å². The third-order valence-corrected chi connectivity index (χ3v) is 4.62. The number of Topliss-reactive ketones (excluding diaryl/α,β-unsaturated/α-hetero) is 1. The van der Waals surface area contributed by atoms with Gasteiger partial charge in [-0.25, -0.2) is 0 Å². The van der Waals surface area contributed by atoms with Crippen LogP contribution in [-0.2, 0) is 4.79 Å². The lowest BCUT2D eigenvalue weighted by atomic mass is 9.94. The molecule has 1 aliphatic heterocycles. The van der Waals surface area contributed by atoms with E-state index in [9.17, 15) is 4.79 Å². The molecule has 3 rings (SSSR count). The zero-order chi connectivity index (χ0) is 17.1. The highest BCUT2D eigenvalue weighted by atomic mass is 35.5. The molecule has 0 saturated carbocycles. The summed E-state index contributed by atoms with van der Waals surface area (Å²) in [4.78, 5) is 15.0. The lowest BCUT2D eigenvalue weighted by Gasteiger charge is -2.26. The standard InChI is InChI=1S/C20H17Cl2NO.ClH/c1-23-12-16(10-14-6-2-4-8-18(14)21)20(24)17(13-23)11-15-7-3-5-9-19(15)22;/h2-11H,12-13H2,1H3;1H/b16-10-,17-11+;. The van der Waals surface area contributed by atoms with Gasteiger partial charge in [0.05, 0.1) is 0 Å². The summed E-state index contributed by atoms with van der Waals surface area (Å²) in [5.41, 5.74) is 3.18. The molecule has 5 heteroatoms. The van der Waals surface area contributed by atoms with E-state index < -0.39 is 0 Å². The van der Waals surface area contributed by atoms with Gasteiger partial charge in [-0.05, 0) is 42.5 Å². The maximum Gasteiger partial charge on any atom is 0.187 e. The van der Waals surface area contributed by atoms with Crippen LogP contribution in [0.25, 0.3) is 12.2 Å². The molecule has 1 fully saturated rings. The summed E-state index contributed by atoms with van der Waals surface area (Å²) in [5, 5.41) is 1.28. The van der Waals surface area contributed by atoms with Crippen molar-refractivity contribution in [3.8, 4) is 0 Å². The Labute approximate surface area is 164 Å². The summed E-state index contributed by atoms with van der Waals surface area (Å²) in [7, 11) is 1.99. The van der Waals surface area contributed by atoms with Crippen LogP contribution in [0.15, 0.2) is 59.7 Å². The second-order valence-corrected chi connectivity index (χ2v) is 6.70. The molecule has 0 atom stereocenters. The molecule has 0 aromatic heterocycles. The summed E-state index contributed by atoms with van der Waals surface area (Å²) < 4.78 is 0. The number of rotatable bonds is 2. The summed E-state index contributed by atoms with van der Waals surface area (Å²) in [6, 6.07) is 15.1. The molecule has 2 nitrogen and oxygen atoms in total. The van der Waals surface area contributed by atoms with Gasteiger partial charge in [0.15, 0.2) is 5.78 Å². The molecule has 0 aliphatic carbocycles. The van der Waals surface area contributed by atoms with E-state index in [1.807, 2.05) is 67.7 Å². The van der Waals surface area contributed by atoms with Gasteiger partial charge in [0.25, 0.3) is 0 Å². The Balaban J connectivity index is 0.00000225. The highest BCUT2D eigenvalue weighted by molar-refractivity contribution is 6.33. The van der Waals surface area contributed by atoms with Crippen molar-refractivity contribution in [2.24, 2.45) is 0 Å². The van der Waals surface area contributed by atoms with Crippen LogP contribution in [0.3, 0.4) is 0 Å². The van der Waals surface area contributed by atoms with Crippen molar-refractivity contribution in [3.63, 3.8) is 0 Å². The van der Waals surface area contributed by atoms with Gasteiger partial charge in [0.1, 0.15) is 0 Å². The van der Waals surface area contributed by atoms with Crippen LogP contribution in [0.2, 0.25) is 10.0 Å². The van der Waals surface area contributed by atoms with E-state index in [2.05, 4.69) is 4.90 Å². The smallest absolute Gasteiger partial charge is 0.187 e. The predicted molar refractivity (Wildman–Crippen MR) is 109 cm³/mol. The molecular formula is C20H18Cl3NO. The zero-order valence-corrected chi connectivity index (χ0v) is 16.0. The quantitative estimate of drug-likeness (QED) is 0.636. The molecule has 0 amide bonds. The molecule has 130 valence electrons. The number of carbonyl (C=O) groups excluding carboxylic acids is 1. The number of likely N-dealkylation sites (N-methyl/N-ethyl adjacent to an activating group) is 1. The molecule has 25 heavy (non-hydrogen) atoms. The number of carbonyl (C=O) groups is 1. The molecule has 2 aromatic carbocycles. The topological polar surface area (TPSA) is 20.3 Å². The van der Waals surface area contributed by atoms with Gasteiger partial charge in [0.2, 0.25) is 0 Å². The Morgan fingerprint density at radius 2 is 1.24 bits per heavy atom. The van der Waals surface area contributed by atoms with Crippen molar-refractivity contribution in [2.75, 3.05) is 20.1 Å². The second kappa shape index (κ2) is 8.68. The number of hydrogen-bond acceptors (Lipinski definition) is 2. The lowest BCUT2D eigenvalue weighted by Crippen LogP contribution is -2.34. The Kier molecular flexibility index (Phi) is 6.86. The molecule has 0 spiro atoms. The number of ketones is 1. The molecular weight excluding hydrogens is 377 g/mol. The third kappa shape index (κ3) is 4.74. The van der Waals surface area contributed by atoms with Gasteiger partial charge in [-0.15, -0.1) is 12.4 Å². The molecule has 1 aliphatic rings. The molecule has 0 N–H and O–H groups in total. The predicted octanol–water partition coefficient (Wildman–Crippen LogP) is 5.40. The normalized spacial score (nSPS) is 18.4. The van der Waals surface area contributed by atoms with E-state index >= 15 is 0 Å². The molecule has 1 heterocycles. The Morgan fingerprint density at radius 3 is 1.64 bits per heavy atom. The SMILES string of the molecule is CN1C/C(=C/c2ccccc2Cl)C(=O)/C(=C/c2ccccc2Cl)C1.Cl. The number of nitrogens with zero attached hydrogens (tertiary/aromatic N) is 1. The zero-order valence-electron chi connectivity index (χ0n) is 13.7. The summed E-state index contributed by atoms with van der Waals surface area (Å²) in [6.45, 7) is 1.20.